The van der Waals surface area contributed by atoms with Crippen LogP contribution in [0.5, 0.6) is 0 Å². The number of carbonyl (C=O) groups is 1. The number of para-hydroxylation sites is 1. The molecule has 0 unspecified atom stereocenters. The first-order valence-electron chi connectivity index (χ1n) is 5.27. The van der Waals surface area contributed by atoms with Gasteiger partial charge in [0.2, 0.25) is 5.91 Å². The maximum atomic E-state index is 11.8. The summed E-state index contributed by atoms with van der Waals surface area (Å²) in [6.07, 6.45) is 0.493. The van der Waals surface area contributed by atoms with Crippen molar-refractivity contribution in [1.82, 2.24) is 0 Å². The Bertz CT molecular complexity index is 399. The van der Waals surface area contributed by atoms with Crippen LogP contribution in [0.15, 0.2) is 18.2 Å². The van der Waals surface area contributed by atoms with Gasteiger partial charge in [0, 0.05) is 6.54 Å². The minimum Gasteiger partial charge on any atom is -0.397 e. The van der Waals surface area contributed by atoms with E-state index < -0.39 is 0 Å². The molecule has 0 aromatic heterocycles. The molecule has 1 aliphatic heterocycles. The van der Waals surface area contributed by atoms with Crippen LogP contribution in [0.4, 0.5) is 11.4 Å². The Labute approximate surface area is 89.9 Å². The number of hydrogen-bond acceptors (Lipinski definition) is 2. The molecule has 1 amide bonds. The minimum atomic E-state index is 0.164. The molecule has 15 heavy (non-hydrogen) atoms. The quantitative estimate of drug-likeness (QED) is 0.747. The van der Waals surface area contributed by atoms with E-state index in [9.17, 15) is 4.79 Å². The first-order chi connectivity index (χ1) is 7.09. The standard InChI is InChI=1S/C12H16N2O/c1-8(2)7-14-11(15)6-9-4-3-5-10(13)12(9)14/h3-5,8H,6-7,13H2,1-2H3. The molecule has 1 aromatic carbocycles. The highest BCUT2D eigenvalue weighted by Crippen LogP contribution is 2.34. The molecule has 1 aliphatic rings. The Morgan fingerprint density at radius 2 is 2.20 bits per heavy atom. The zero-order valence-electron chi connectivity index (χ0n) is 9.16. The van der Waals surface area contributed by atoms with Gasteiger partial charge in [0.25, 0.3) is 0 Å². The van der Waals surface area contributed by atoms with Gasteiger partial charge in [-0.3, -0.25) is 4.79 Å². The van der Waals surface area contributed by atoms with Gasteiger partial charge in [-0.2, -0.15) is 0 Å². The summed E-state index contributed by atoms with van der Waals surface area (Å²) in [5.41, 5.74) is 8.60. The fraction of sp³-hybridized carbons (Fsp3) is 0.417. The summed E-state index contributed by atoms with van der Waals surface area (Å²) in [6.45, 7) is 4.95. The van der Waals surface area contributed by atoms with Crippen molar-refractivity contribution in [2.75, 3.05) is 17.2 Å². The van der Waals surface area contributed by atoms with E-state index >= 15 is 0 Å². The largest absolute Gasteiger partial charge is 0.397 e. The third-order valence-electron chi connectivity index (χ3n) is 2.61. The number of anilines is 2. The van der Waals surface area contributed by atoms with Crippen LogP contribution in [0, 0.1) is 5.92 Å². The number of hydrogen-bond donors (Lipinski definition) is 1. The van der Waals surface area contributed by atoms with Gasteiger partial charge in [0.05, 0.1) is 17.8 Å². The highest BCUT2D eigenvalue weighted by Gasteiger charge is 2.28. The Morgan fingerprint density at radius 3 is 2.87 bits per heavy atom. The van der Waals surface area contributed by atoms with Crippen molar-refractivity contribution in [1.29, 1.82) is 0 Å². The number of amides is 1. The molecule has 0 fully saturated rings. The van der Waals surface area contributed by atoms with Crippen LogP contribution in [0.1, 0.15) is 19.4 Å². The van der Waals surface area contributed by atoms with Crippen molar-refractivity contribution in [2.24, 2.45) is 5.92 Å². The van der Waals surface area contributed by atoms with Gasteiger partial charge in [-0.1, -0.05) is 26.0 Å². The molecule has 80 valence electrons. The smallest absolute Gasteiger partial charge is 0.231 e. The van der Waals surface area contributed by atoms with Gasteiger partial charge in [0.15, 0.2) is 0 Å². The Kier molecular flexibility index (Phi) is 2.39. The molecule has 3 nitrogen and oxygen atoms in total. The van der Waals surface area contributed by atoms with Crippen LogP contribution in [0.3, 0.4) is 0 Å². The van der Waals surface area contributed by atoms with E-state index in [0.717, 1.165) is 17.8 Å². The maximum Gasteiger partial charge on any atom is 0.231 e. The molecule has 2 rings (SSSR count). The second kappa shape index (κ2) is 3.57. The van der Waals surface area contributed by atoms with Crippen LogP contribution in [0.2, 0.25) is 0 Å². The SMILES string of the molecule is CC(C)CN1C(=O)Cc2cccc(N)c21. The summed E-state index contributed by atoms with van der Waals surface area (Å²) in [4.78, 5) is 13.6. The van der Waals surface area contributed by atoms with E-state index in [1.807, 2.05) is 23.1 Å². The Balaban J connectivity index is 2.39. The molecule has 0 saturated heterocycles. The summed E-state index contributed by atoms with van der Waals surface area (Å²) in [5.74, 6) is 0.621. The van der Waals surface area contributed by atoms with Crippen molar-refractivity contribution in [3.8, 4) is 0 Å². The second-order valence-electron chi connectivity index (χ2n) is 4.43. The topological polar surface area (TPSA) is 46.3 Å². The average molecular weight is 204 g/mol. The maximum absolute atomic E-state index is 11.8. The van der Waals surface area contributed by atoms with Crippen LogP contribution < -0.4 is 10.6 Å². The minimum absolute atomic E-state index is 0.164. The molecule has 0 radical (unpaired) electrons. The van der Waals surface area contributed by atoms with Crippen molar-refractivity contribution >= 4 is 17.3 Å². The predicted molar refractivity (Wildman–Crippen MR) is 61.7 cm³/mol. The molecule has 0 saturated carbocycles. The molecule has 0 spiro atoms. The average Bonchev–Trinajstić information content (AvgIpc) is 2.43. The molecule has 0 atom stereocenters. The van der Waals surface area contributed by atoms with Crippen LogP contribution in [-0.4, -0.2) is 12.5 Å². The molecular formula is C12H16N2O. The zero-order valence-corrected chi connectivity index (χ0v) is 9.16. The molecule has 1 heterocycles. The zero-order chi connectivity index (χ0) is 11.0. The predicted octanol–water partition coefficient (Wildman–Crippen LogP) is 1.81. The van der Waals surface area contributed by atoms with E-state index in [-0.39, 0.29) is 5.91 Å². The lowest BCUT2D eigenvalue weighted by molar-refractivity contribution is -0.117. The molecule has 1 aromatic rings. The summed E-state index contributed by atoms with van der Waals surface area (Å²) < 4.78 is 0. The molecule has 0 bridgehead atoms. The van der Waals surface area contributed by atoms with E-state index in [1.165, 1.54) is 0 Å². The van der Waals surface area contributed by atoms with Gasteiger partial charge in [0.1, 0.15) is 0 Å². The summed E-state index contributed by atoms with van der Waals surface area (Å²) in [7, 11) is 0. The summed E-state index contributed by atoms with van der Waals surface area (Å²) >= 11 is 0. The van der Waals surface area contributed by atoms with Gasteiger partial charge >= 0.3 is 0 Å². The van der Waals surface area contributed by atoms with Crippen molar-refractivity contribution in [3.05, 3.63) is 23.8 Å². The fourth-order valence-corrected chi connectivity index (χ4v) is 2.02. The van der Waals surface area contributed by atoms with Crippen molar-refractivity contribution < 1.29 is 4.79 Å². The summed E-state index contributed by atoms with van der Waals surface area (Å²) in [5, 5.41) is 0. The number of fused-ring (bicyclic) bond motifs is 1. The first-order valence-corrected chi connectivity index (χ1v) is 5.27. The van der Waals surface area contributed by atoms with Crippen molar-refractivity contribution in [2.45, 2.75) is 20.3 Å². The second-order valence-corrected chi connectivity index (χ2v) is 4.43. The van der Waals surface area contributed by atoms with Crippen molar-refractivity contribution in [3.63, 3.8) is 0 Å². The highest BCUT2D eigenvalue weighted by atomic mass is 16.2. The van der Waals surface area contributed by atoms with Gasteiger partial charge in [-0.25, -0.2) is 0 Å². The lowest BCUT2D eigenvalue weighted by atomic mass is 10.1. The van der Waals surface area contributed by atoms with Crippen LogP contribution in [-0.2, 0) is 11.2 Å². The third kappa shape index (κ3) is 1.69. The van der Waals surface area contributed by atoms with E-state index in [4.69, 9.17) is 5.73 Å². The van der Waals surface area contributed by atoms with Gasteiger partial charge < -0.3 is 10.6 Å². The Hall–Kier alpha value is -1.51. The van der Waals surface area contributed by atoms with Gasteiger partial charge in [-0.15, -0.1) is 0 Å². The number of nitrogens with zero attached hydrogens (tertiary/aromatic N) is 1. The highest BCUT2D eigenvalue weighted by molar-refractivity contribution is 6.04. The molecular weight excluding hydrogens is 188 g/mol. The van der Waals surface area contributed by atoms with Gasteiger partial charge in [-0.05, 0) is 17.5 Å². The number of benzene rings is 1. The van der Waals surface area contributed by atoms with E-state index in [2.05, 4.69) is 13.8 Å². The summed E-state index contributed by atoms with van der Waals surface area (Å²) in [6, 6.07) is 5.73. The number of carbonyl (C=O) groups excluding carboxylic acids is 1. The molecule has 3 heteroatoms. The lowest BCUT2D eigenvalue weighted by Gasteiger charge is -2.20. The number of rotatable bonds is 2. The molecule has 2 N–H and O–H groups in total. The monoisotopic (exact) mass is 204 g/mol. The first kappa shape index (κ1) is 10.0. The number of nitrogens with two attached hydrogens (primary N) is 1. The van der Waals surface area contributed by atoms with E-state index in [1.54, 1.807) is 0 Å². The molecule has 0 aliphatic carbocycles. The van der Waals surface area contributed by atoms with Crippen LogP contribution >= 0.6 is 0 Å². The fourth-order valence-electron chi connectivity index (χ4n) is 2.02. The van der Waals surface area contributed by atoms with E-state index in [0.29, 0.717) is 18.0 Å². The Morgan fingerprint density at radius 1 is 1.47 bits per heavy atom. The lowest BCUT2D eigenvalue weighted by Crippen LogP contribution is -2.31. The third-order valence-corrected chi connectivity index (χ3v) is 2.61. The normalized spacial score (nSPS) is 14.9. The van der Waals surface area contributed by atoms with Crippen LogP contribution in [0.25, 0.3) is 0 Å². The number of nitrogen functional groups attached to an aromatic ring is 1.